The molecule has 0 aliphatic carbocycles. The second-order valence-electron chi connectivity index (χ2n) is 7.18. The zero-order valence-corrected chi connectivity index (χ0v) is 17.9. The van der Waals surface area contributed by atoms with E-state index in [1.807, 2.05) is 19.1 Å². The van der Waals surface area contributed by atoms with Crippen LogP contribution in [0.3, 0.4) is 0 Å². The highest BCUT2D eigenvalue weighted by Crippen LogP contribution is 2.41. The molecule has 0 atom stereocenters. The summed E-state index contributed by atoms with van der Waals surface area (Å²) in [5, 5.41) is 11.9. The van der Waals surface area contributed by atoms with Crippen LogP contribution in [0.4, 0.5) is 9.18 Å². The van der Waals surface area contributed by atoms with E-state index in [9.17, 15) is 14.3 Å². The number of halogens is 2. The van der Waals surface area contributed by atoms with Crippen LogP contribution in [0.5, 0.6) is 0 Å². The number of aliphatic hydroxyl groups is 1. The fourth-order valence-corrected chi connectivity index (χ4v) is 4.51. The first kappa shape index (κ1) is 21.9. The second kappa shape index (κ2) is 9.83. The van der Waals surface area contributed by atoms with E-state index in [1.165, 1.54) is 23.9 Å². The van der Waals surface area contributed by atoms with Gasteiger partial charge in [0.25, 0.3) is 0 Å². The molecule has 0 unspecified atom stereocenters. The van der Waals surface area contributed by atoms with E-state index < -0.39 is 5.60 Å². The van der Waals surface area contributed by atoms with Crippen LogP contribution in [0, 0.1) is 5.82 Å². The lowest BCUT2D eigenvalue weighted by Gasteiger charge is -2.38. The number of carbonyl (C=O) groups excluding carboxylic acids is 1. The average molecular weight is 438 g/mol. The Balaban J connectivity index is 1.73. The van der Waals surface area contributed by atoms with Crippen molar-refractivity contribution in [2.75, 3.05) is 19.7 Å². The number of unbranched alkanes of at least 4 members (excludes halogenated alkanes) is 1. The van der Waals surface area contributed by atoms with Gasteiger partial charge in [-0.05, 0) is 61.2 Å². The van der Waals surface area contributed by atoms with Crippen molar-refractivity contribution in [1.29, 1.82) is 0 Å². The number of hydrogen-bond acceptors (Lipinski definition) is 4. The molecule has 7 heteroatoms. The number of ether oxygens (including phenoxy) is 1. The number of likely N-dealkylation sites (tertiary alicyclic amines) is 1. The molecule has 1 amide bonds. The van der Waals surface area contributed by atoms with Crippen LogP contribution in [0.25, 0.3) is 0 Å². The van der Waals surface area contributed by atoms with E-state index in [4.69, 9.17) is 16.3 Å². The number of piperidine rings is 1. The van der Waals surface area contributed by atoms with Gasteiger partial charge in [-0.3, -0.25) is 0 Å². The van der Waals surface area contributed by atoms with Crippen LogP contribution in [0.2, 0.25) is 5.02 Å². The molecule has 1 aliphatic rings. The van der Waals surface area contributed by atoms with Gasteiger partial charge in [0, 0.05) is 27.9 Å². The molecule has 0 saturated carbocycles. The Morgan fingerprint density at radius 1 is 1.24 bits per heavy atom. The minimum absolute atomic E-state index is 0.338. The van der Waals surface area contributed by atoms with Crippen LogP contribution in [0.15, 0.2) is 52.3 Å². The van der Waals surface area contributed by atoms with Gasteiger partial charge in [0.1, 0.15) is 5.82 Å². The van der Waals surface area contributed by atoms with Crippen molar-refractivity contribution in [1.82, 2.24) is 4.90 Å². The molecule has 1 N–H and O–H groups in total. The minimum atomic E-state index is -1.12. The SMILES string of the molecule is CCCCOC(=O)N1CCC(O)(c2ccc(F)cc2Sc2ccc(Cl)cc2)CC1. The smallest absolute Gasteiger partial charge is 0.409 e. The predicted molar refractivity (Wildman–Crippen MR) is 113 cm³/mol. The van der Waals surface area contributed by atoms with Crippen molar-refractivity contribution in [3.63, 3.8) is 0 Å². The van der Waals surface area contributed by atoms with Crippen LogP contribution in [-0.2, 0) is 10.3 Å². The van der Waals surface area contributed by atoms with E-state index in [1.54, 1.807) is 23.1 Å². The largest absolute Gasteiger partial charge is 0.449 e. The summed E-state index contributed by atoms with van der Waals surface area (Å²) in [6, 6.07) is 11.7. The molecule has 1 heterocycles. The molecule has 2 aromatic carbocycles. The number of hydrogen-bond donors (Lipinski definition) is 1. The Morgan fingerprint density at radius 2 is 1.93 bits per heavy atom. The van der Waals surface area contributed by atoms with Crippen molar-refractivity contribution in [2.45, 2.75) is 48.0 Å². The van der Waals surface area contributed by atoms with Gasteiger partial charge in [0.05, 0.1) is 12.2 Å². The molecule has 3 rings (SSSR count). The number of benzene rings is 2. The van der Waals surface area contributed by atoms with E-state index in [-0.39, 0.29) is 11.9 Å². The molecule has 0 aromatic heterocycles. The lowest BCUT2D eigenvalue weighted by atomic mass is 9.84. The number of nitrogens with zero attached hydrogens (tertiary/aromatic N) is 1. The van der Waals surface area contributed by atoms with Crippen LogP contribution >= 0.6 is 23.4 Å². The predicted octanol–water partition coefficient (Wildman–Crippen LogP) is 5.85. The molecule has 1 aliphatic heterocycles. The van der Waals surface area contributed by atoms with Crippen LogP contribution < -0.4 is 0 Å². The van der Waals surface area contributed by atoms with Gasteiger partial charge in [-0.1, -0.05) is 42.8 Å². The highest BCUT2D eigenvalue weighted by molar-refractivity contribution is 7.99. The molecule has 29 heavy (non-hydrogen) atoms. The number of amides is 1. The third-order valence-electron chi connectivity index (χ3n) is 5.06. The molecule has 1 saturated heterocycles. The van der Waals surface area contributed by atoms with Crippen molar-refractivity contribution in [3.05, 3.63) is 58.9 Å². The maximum atomic E-state index is 13.9. The summed E-state index contributed by atoms with van der Waals surface area (Å²) in [4.78, 5) is 15.3. The summed E-state index contributed by atoms with van der Waals surface area (Å²) >= 11 is 7.33. The van der Waals surface area contributed by atoms with E-state index in [0.717, 1.165) is 17.7 Å². The normalized spacial score (nSPS) is 15.9. The van der Waals surface area contributed by atoms with Gasteiger partial charge in [-0.2, -0.15) is 0 Å². The molecule has 156 valence electrons. The highest BCUT2D eigenvalue weighted by atomic mass is 35.5. The molecule has 4 nitrogen and oxygen atoms in total. The molecular weight excluding hydrogens is 413 g/mol. The second-order valence-corrected chi connectivity index (χ2v) is 8.73. The summed E-state index contributed by atoms with van der Waals surface area (Å²) in [7, 11) is 0. The lowest BCUT2D eigenvalue weighted by molar-refractivity contribution is -0.0268. The molecule has 0 radical (unpaired) electrons. The number of rotatable bonds is 6. The average Bonchev–Trinajstić information content (AvgIpc) is 2.70. The first-order valence-electron chi connectivity index (χ1n) is 9.79. The first-order valence-corrected chi connectivity index (χ1v) is 11.0. The molecular formula is C22H25ClFNO3S. The monoisotopic (exact) mass is 437 g/mol. The summed E-state index contributed by atoms with van der Waals surface area (Å²) < 4.78 is 19.2. The van der Waals surface area contributed by atoms with Crippen molar-refractivity contribution in [2.24, 2.45) is 0 Å². The standard InChI is InChI=1S/C22H25ClFNO3S/c1-2-3-14-28-21(26)25-12-10-22(27,11-13-25)19-9-6-17(24)15-20(19)29-18-7-4-16(23)5-8-18/h4-9,15,27H,2-3,10-14H2,1H3. The third kappa shape index (κ3) is 5.65. The topological polar surface area (TPSA) is 49.8 Å². The zero-order chi connectivity index (χ0) is 20.9. The summed E-state index contributed by atoms with van der Waals surface area (Å²) in [5.41, 5.74) is -0.444. The summed E-state index contributed by atoms with van der Waals surface area (Å²) in [6.07, 6.45) is 2.21. The van der Waals surface area contributed by atoms with Gasteiger partial charge in [-0.25, -0.2) is 9.18 Å². The zero-order valence-electron chi connectivity index (χ0n) is 16.4. The van der Waals surface area contributed by atoms with Gasteiger partial charge in [0.15, 0.2) is 0 Å². The van der Waals surface area contributed by atoms with E-state index in [0.29, 0.717) is 48.0 Å². The van der Waals surface area contributed by atoms with Gasteiger partial charge in [0.2, 0.25) is 0 Å². The van der Waals surface area contributed by atoms with E-state index >= 15 is 0 Å². The lowest BCUT2D eigenvalue weighted by Crippen LogP contribution is -2.45. The minimum Gasteiger partial charge on any atom is -0.449 e. The van der Waals surface area contributed by atoms with Crippen LogP contribution in [0.1, 0.15) is 38.2 Å². The Morgan fingerprint density at radius 3 is 2.59 bits per heavy atom. The Bertz CT molecular complexity index is 838. The van der Waals surface area contributed by atoms with Gasteiger partial charge in [-0.15, -0.1) is 0 Å². The summed E-state index contributed by atoms with van der Waals surface area (Å²) in [6.45, 7) is 3.24. The number of carbonyl (C=O) groups is 1. The maximum Gasteiger partial charge on any atom is 0.409 e. The summed E-state index contributed by atoms with van der Waals surface area (Å²) in [5.74, 6) is -0.356. The fourth-order valence-electron chi connectivity index (χ4n) is 3.32. The quantitative estimate of drug-likeness (QED) is 0.576. The molecule has 1 fully saturated rings. The first-order chi connectivity index (χ1) is 13.9. The Hall–Kier alpha value is -1.76. The Labute approximate surface area is 180 Å². The van der Waals surface area contributed by atoms with Gasteiger partial charge < -0.3 is 14.7 Å². The molecule has 0 spiro atoms. The van der Waals surface area contributed by atoms with Crippen LogP contribution in [-0.4, -0.2) is 35.8 Å². The van der Waals surface area contributed by atoms with Crippen molar-refractivity contribution in [3.8, 4) is 0 Å². The van der Waals surface area contributed by atoms with Crippen molar-refractivity contribution < 1.29 is 19.0 Å². The fraction of sp³-hybridized carbons (Fsp3) is 0.409. The highest BCUT2D eigenvalue weighted by Gasteiger charge is 2.37. The maximum absolute atomic E-state index is 13.9. The molecule has 0 bridgehead atoms. The van der Waals surface area contributed by atoms with E-state index in [2.05, 4.69) is 0 Å². The molecule has 2 aromatic rings. The third-order valence-corrected chi connectivity index (χ3v) is 6.38. The van der Waals surface area contributed by atoms with Crippen molar-refractivity contribution >= 4 is 29.5 Å². The van der Waals surface area contributed by atoms with Gasteiger partial charge >= 0.3 is 6.09 Å². The Kier molecular flexibility index (Phi) is 7.44.